The summed E-state index contributed by atoms with van der Waals surface area (Å²) in [6.45, 7) is 3.30. The van der Waals surface area contributed by atoms with E-state index in [1.807, 2.05) is 27.6 Å². The molecule has 0 N–H and O–H groups in total. The number of hydrogen-bond donors (Lipinski definition) is 0. The van der Waals surface area contributed by atoms with Crippen LogP contribution in [0.1, 0.15) is 34.2 Å². The average Bonchev–Trinajstić information content (AvgIpc) is 3.27. The largest absolute Gasteiger partial charge is 0.337 e. The summed E-state index contributed by atoms with van der Waals surface area (Å²) in [5.74, 6) is 0.292. The van der Waals surface area contributed by atoms with Crippen molar-refractivity contribution in [3.05, 3.63) is 44.3 Å². The molecule has 1 atom stereocenters. The molecule has 1 fully saturated rings. The van der Waals surface area contributed by atoms with Crippen molar-refractivity contribution in [2.75, 3.05) is 19.6 Å². The van der Waals surface area contributed by atoms with E-state index in [1.54, 1.807) is 0 Å². The summed E-state index contributed by atoms with van der Waals surface area (Å²) in [6, 6.07) is 6.94. The molecule has 0 saturated carbocycles. The molecule has 5 heteroatoms. The highest BCUT2D eigenvalue weighted by Gasteiger charge is 2.30. The summed E-state index contributed by atoms with van der Waals surface area (Å²) in [5.41, 5.74) is 1.35. The summed E-state index contributed by atoms with van der Waals surface area (Å²) in [7, 11) is 0. The van der Waals surface area contributed by atoms with Crippen LogP contribution in [-0.4, -0.2) is 35.3 Å². The van der Waals surface area contributed by atoms with Crippen molar-refractivity contribution in [2.45, 2.75) is 31.8 Å². The van der Waals surface area contributed by atoms with Gasteiger partial charge in [0.15, 0.2) is 0 Å². The van der Waals surface area contributed by atoms with Gasteiger partial charge in [0.1, 0.15) is 0 Å². The predicted molar refractivity (Wildman–Crippen MR) is 91.3 cm³/mol. The van der Waals surface area contributed by atoms with Crippen LogP contribution < -0.4 is 0 Å². The molecule has 22 heavy (non-hydrogen) atoms. The molecular weight excluding hydrogens is 312 g/mol. The van der Waals surface area contributed by atoms with Gasteiger partial charge in [-0.2, -0.15) is 0 Å². The fraction of sp³-hybridized carbons (Fsp3) is 0.471. The highest BCUT2D eigenvalue weighted by molar-refractivity contribution is 7.10. The van der Waals surface area contributed by atoms with Gasteiger partial charge in [-0.15, -0.1) is 22.7 Å². The van der Waals surface area contributed by atoms with Crippen molar-refractivity contribution in [3.63, 3.8) is 0 Å². The Morgan fingerprint density at radius 2 is 2.18 bits per heavy atom. The van der Waals surface area contributed by atoms with Gasteiger partial charge in [-0.25, -0.2) is 0 Å². The molecule has 2 aromatic heterocycles. The molecule has 4 heterocycles. The van der Waals surface area contributed by atoms with Crippen LogP contribution in [0.4, 0.5) is 0 Å². The van der Waals surface area contributed by atoms with Crippen LogP contribution in [0, 0.1) is 0 Å². The maximum absolute atomic E-state index is 12.7. The predicted octanol–water partition coefficient (Wildman–Crippen LogP) is 3.53. The molecular formula is C17H20N2OS2. The number of rotatable bonds is 3. The highest BCUT2D eigenvalue weighted by Crippen LogP contribution is 2.34. The number of nitrogens with zero attached hydrogens (tertiary/aromatic N) is 2. The highest BCUT2D eigenvalue weighted by atomic mass is 32.1. The maximum Gasteiger partial charge on any atom is 0.237 e. The van der Waals surface area contributed by atoms with Gasteiger partial charge in [-0.1, -0.05) is 6.07 Å². The van der Waals surface area contributed by atoms with E-state index in [0.29, 0.717) is 18.5 Å². The van der Waals surface area contributed by atoms with Crippen molar-refractivity contribution < 1.29 is 4.79 Å². The molecule has 2 aromatic rings. The van der Waals surface area contributed by atoms with Gasteiger partial charge in [0.2, 0.25) is 5.91 Å². The Bertz CT molecular complexity index is 649. The lowest BCUT2D eigenvalue weighted by Gasteiger charge is -2.30. The van der Waals surface area contributed by atoms with Gasteiger partial charge >= 0.3 is 0 Å². The van der Waals surface area contributed by atoms with E-state index in [1.165, 1.54) is 28.2 Å². The number of thiophene rings is 2. The standard InChI is InChI=1S/C17H20N2OS2/c20-17(19-8-5-15-13(11-19)6-10-22-15)12-18-7-1-3-14(18)16-4-2-9-21-16/h2,4,6,9-10,14H,1,3,5,7-8,11-12H2/t14-/m0/s1. The second-order valence-corrected chi connectivity index (χ2v) is 8.06. The summed E-state index contributed by atoms with van der Waals surface area (Å²) < 4.78 is 0. The van der Waals surface area contributed by atoms with Gasteiger partial charge < -0.3 is 4.90 Å². The quantitative estimate of drug-likeness (QED) is 0.858. The van der Waals surface area contributed by atoms with E-state index < -0.39 is 0 Å². The smallest absolute Gasteiger partial charge is 0.237 e. The Labute approximate surface area is 139 Å². The third-order valence-corrected chi connectivity index (χ3v) is 6.73. The number of fused-ring (bicyclic) bond motifs is 1. The molecule has 2 aliphatic rings. The number of carbonyl (C=O) groups excluding carboxylic acids is 1. The Hall–Kier alpha value is -1.17. The first-order chi connectivity index (χ1) is 10.8. The summed E-state index contributed by atoms with van der Waals surface area (Å²) >= 11 is 3.64. The van der Waals surface area contributed by atoms with Crippen LogP contribution in [0.2, 0.25) is 0 Å². The van der Waals surface area contributed by atoms with E-state index in [0.717, 1.165) is 26.1 Å². The lowest BCUT2D eigenvalue weighted by molar-refractivity contribution is -0.133. The molecule has 0 aromatic carbocycles. The van der Waals surface area contributed by atoms with Gasteiger partial charge in [-0.3, -0.25) is 9.69 Å². The molecule has 1 saturated heterocycles. The fourth-order valence-electron chi connectivity index (χ4n) is 3.55. The molecule has 0 radical (unpaired) electrons. The van der Waals surface area contributed by atoms with Crippen molar-refractivity contribution in [1.82, 2.24) is 9.80 Å². The topological polar surface area (TPSA) is 23.6 Å². The van der Waals surface area contributed by atoms with Crippen LogP contribution in [-0.2, 0) is 17.8 Å². The second-order valence-electron chi connectivity index (χ2n) is 6.08. The Morgan fingerprint density at radius 1 is 1.23 bits per heavy atom. The number of hydrogen-bond acceptors (Lipinski definition) is 4. The second kappa shape index (κ2) is 6.14. The molecule has 0 aliphatic carbocycles. The zero-order chi connectivity index (χ0) is 14.9. The Balaban J connectivity index is 1.42. The fourth-order valence-corrected chi connectivity index (χ4v) is 5.34. The minimum atomic E-state index is 0.292. The lowest BCUT2D eigenvalue weighted by atomic mass is 10.1. The molecule has 0 spiro atoms. The summed E-state index contributed by atoms with van der Waals surface area (Å²) in [6.07, 6.45) is 3.40. The van der Waals surface area contributed by atoms with Gasteiger partial charge in [0.25, 0.3) is 0 Å². The first kappa shape index (κ1) is 14.4. The number of likely N-dealkylation sites (tertiary alicyclic amines) is 1. The Morgan fingerprint density at radius 3 is 3.05 bits per heavy atom. The van der Waals surface area contributed by atoms with E-state index in [4.69, 9.17) is 0 Å². The average molecular weight is 332 g/mol. The minimum absolute atomic E-state index is 0.292. The minimum Gasteiger partial charge on any atom is -0.337 e. The van der Waals surface area contributed by atoms with E-state index in [-0.39, 0.29) is 0 Å². The SMILES string of the molecule is O=C(CN1CCC[C@H]1c1cccs1)N1CCc2sccc2C1. The first-order valence-corrected chi connectivity index (χ1v) is 9.67. The number of carbonyl (C=O) groups is 1. The maximum atomic E-state index is 12.7. The van der Waals surface area contributed by atoms with Crippen molar-refractivity contribution in [3.8, 4) is 0 Å². The van der Waals surface area contributed by atoms with Crippen LogP contribution in [0.15, 0.2) is 29.0 Å². The van der Waals surface area contributed by atoms with Crippen molar-refractivity contribution in [1.29, 1.82) is 0 Å². The van der Waals surface area contributed by atoms with Gasteiger partial charge in [0, 0.05) is 28.9 Å². The third-order valence-electron chi connectivity index (χ3n) is 4.73. The van der Waals surface area contributed by atoms with Crippen LogP contribution in [0.3, 0.4) is 0 Å². The molecule has 116 valence electrons. The molecule has 1 amide bonds. The summed E-state index contributed by atoms with van der Waals surface area (Å²) in [5, 5.41) is 4.28. The zero-order valence-electron chi connectivity index (χ0n) is 12.5. The van der Waals surface area contributed by atoms with E-state index in [9.17, 15) is 4.79 Å². The van der Waals surface area contributed by atoms with Crippen molar-refractivity contribution in [2.24, 2.45) is 0 Å². The monoisotopic (exact) mass is 332 g/mol. The summed E-state index contributed by atoms with van der Waals surface area (Å²) in [4.78, 5) is 20.0. The van der Waals surface area contributed by atoms with E-state index >= 15 is 0 Å². The molecule has 0 unspecified atom stereocenters. The van der Waals surface area contributed by atoms with Gasteiger partial charge in [-0.05, 0) is 54.3 Å². The van der Waals surface area contributed by atoms with Crippen molar-refractivity contribution >= 4 is 28.6 Å². The zero-order valence-corrected chi connectivity index (χ0v) is 14.2. The van der Waals surface area contributed by atoms with Gasteiger partial charge in [0.05, 0.1) is 6.54 Å². The molecule has 0 bridgehead atoms. The third kappa shape index (κ3) is 2.73. The lowest BCUT2D eigenvalue weighted by Crippen LogP contribution is -2.42. The van der Waals surface area contributed by atoms with Crippen LogP contribution in [0.5, 0.6) is 0 Å². The first-order valence-electron chi connectivity index (χ1n) is 7.92. The normalized spacial score (nSPS) is 22.0. The van der Waals surface area contributed by atoms with Crippen LogP contribution >= 0.6 is 22.7 Å². The molecule has 2 aliphatic heterocycles. The Kier molecular flexibility index (Phi) is 4.03. The van der Waals surface area contributed by atoms with Crippen LogP contribution in [0.25, 0.3) is 0 Å². The number of amides is 1. The molecule has 3 nitrogen and oxygen atoms in total. The van der Waals surface area contributed by atoms with E-state index in [2.05, 4.69) is 33.9 Å². The molecule has 4 rings (SSSR count).